The van der Waals surface area contributed by atoms with E-state index in [0.29, 0.717) is 29.4 Å². The largest absolute Gasteiger partial charge is 0.368 e. The van der Waals surface area contributed by atoms with Crippen LogP contribution in [0.4, 0.5) is 5.95 Å². The molecule has 30 heavy (non-hydrogen) atoms. The predicted molar refractivity (Wildman–Crippen MR) is 113 cm³/mol. The highest BCUT2D eigenvalue weighted by Crippen LogP contribution is 2.40. The normalized spacial score (nSPS) is 17.9. The molecule has 1 unspecified atom stereocenters. The Morgan fingerprint density at radius 2 is 1.93 bits per heavy atom. The van der Waals surface area contributed by atoms with Crippen molar-refractivity contribution in [2.75, 3.05) is 12.3 Å². The number of sulfonamides is 1. The molecule has 0 bridgehead atoms. The molecule has 1 fully saturated rings. The molecular weight excluding hydrogens is 426 g/mol. The van der Waals surface area contributed by atoms with Gasteiger partial charge in [-0.2, -0.15) is 4.31 Å². The topological polar surface area (TPSA) is 115 Å². The maximum Gasteiger partial charge on any atom is 0.249 e. The second-order valence-electron chi connectivity index (χ2n) is 7.31. The van der Waals surface area contributed by atoms with E-state index in [2.05, 4.69) is 15.1 Å². The van der Waals surface area contributed by atoms with Gasteiger partial charge in [-0.1, -0.05) is 35.3 Å². The van der Waals surface area contributed by atoms with Crippen LogP contribution in [0.2, 0.25) is 5.02 Å². The number of hydrogen-bond acceptors (Lipinski definition) is 7. The molecule has 0 amide bonds. The minimum atomic E-state index is -3.84. The highest BCUT2D eigenvalue weighted by molar-refractivity contribution is 7.89. The highest BCUT2D eigenvalue weighted by atomic mass is 35.5. The summed E-state index contributed by atoms with van der Waals surface area (Å²) in [4.78, 5) is 8.73. The standard InChI is InChI=1S/C20H22ClN5O3S/c1-12-19(13(2)29-25-12)30(27,28)26-10-4-3-5-17(26)18-16(11-23-20(22)24-18)14-6-8-15(21)9-7-14/h6-9,11,17H,3-5,10H2,1-2H3,(H2,22,23,24). The molecule has 1 aromatic carbocycles. The number of nitrogens with two attached hydrogens (primary N) is 1. The molecule has 0 saturated carbocycles. The number of benzene rings is 1. The number of piperidine rings is 1. The summed E-state index contributed by atoms with van der Waals surface area (Å²) in [7, 11) is -3.84. The molecule has 1 saturated heterocycles. The third-order valence-corrected chi connectivity index (χ3v) is 7.70. The average Bonchev–Trinajstić information content (AvgIpc) is 3.07. The fraction of sp³-hybridized carbons (Fsp3) is 0.350. The Balaban J connectivity index is 1.84. The van der Waals surface area contributed by atoms with Gasteiger partial charge in [0.05, 0.1) is 11.7 Å². The summed E-state index contributed by atoms with van der Waals surface area (Å²) in [5, 5.41) is 4.43. The van der Waals surface area contributed by atoms with Crippen LogP contribution < -0.4 is 5.73 Å². The predicted octanol–water partition coefficient (Wildman–Crippen LogP) is 3.90. The van der Waals surface area contributed by atoms with Crippen molar-refractivity contribution >= 4 is 27.6 Å². The first kappa shape index (κ1) is 20.8. The Kier molecular flexibility index (Phi) is 5.52. The third kappa shape index (κ3) is 3.68. The van der Waals surface area contributed by atoms with Crippen LogP contribution in [-0.2, 0) is 10.0 Å². The zero-order valence-electron chi connectivity index (χ0n) is 16.7. The number of aromatic nitrogens is 3. The van der Waals surface area contributed by atoms with Gasteiger partial charge < -0.3 is 10.3 Å². The lowest BCUT2D eigenvalue weighted by atomic mass is 9.95. The van der Waals surface area contributed by atoms with E-state index in [0.717, 1.165) is 24.0 Å². The van der Waals surface area contributed by atoms with Crippen LogP contribution in [0.25, 0.3) is 11.1 Å². The summed E-state index contributed by atoms with van der Waals surface area (Å²) in [6.07, 6.45) is 3.90. The van der Waals surface area contributed by atoms with E-state index < -0.39 is 16.1 Å². The summed E-state index contributed by atoms with van der Waals surface area (Å²) >= 11 is 6.03. The Morgan fingerprint density at radius 1 is 1.20 bits per heavy atom. The zero-order valence-corrected chi connectivity index (χ0v) is 18.2. The smallest absolute Gasteiger partial charge is 0.249 e. The van der Waals surface area contributed by atoms with Crippen LogP contribution in [0.1, 0.15) is 42.5 Å². The number of anilines is 1. The van der Waals surface area contributed by atoms with Crippen molar-refractivity contribution < 1.29 is 12.9 Å². The molecule has 1 aliphatic heterocycles. The van der Waals surface area contributed by atoms with E-state index in [1.165, 1.54) is 4.31 Å². The van der Waals surface area contributed by atoms with Crippen LogP contribution in [0.15, 0.2) is 39.9 Å². The Morgan fingerprint density at radius 3 is 2.60 bits per heavy atom. The Bertz CT molecular complexity index is 1160. The van der Waals surface area contributed by atoms with Gasteiger partial charge in [-0.25, -0.2) is 18.4 Å². The Hall–Kier alpha value is -2.49. The summed E-state index contributed by atoms with van der Waals surface area (Å²) in [5.74, 6) is 0.375. The SMILES string of the molecule is Cc1noc(C)c1S(=O)(=O)N1CCCCC1c1nc(N)ncc1-c1ccc(Cl)cc1. The molecule has 1 aliphatic rings. The van der Waals surface area contributed by atoms with E-state index in [1.54, 1.807) is 32.2 Å². The van der Waals surface area contributed by atoms with Crippen molar-refractivity contribution in [3.63, 3.8) is 0 Å². The van der Waals surface area contributed by atoms with Gasteiger partial charge in [0.25, 0.3) is 0 Å². The van der Waals surface area contributed by atoms with Gasteiger partial charge in [0, 0.05) is 23.3 Å². The van der Waals surface area contributed by atoms with E-state index in [9.17, 15) is 8.42 Å². The van der Waals surface area contributed by atoms with Crippen molar-refractivity contribution in [1.29, 1.82) is 0 Å². The summed E-state index contributed by atoms with van der Waals surface area (Å²) in [6, 6.07) is 6.79. The molecule has 0 aliphatic carbocycles. The van der Waals surface area contributed by atoms with Gasteiger partial charge in [0.1, 0.15) is 10.6 Å². The zero-order chi connectivity index (χ0) is 21.5. The van der Waals surface area contributed by atoms with Gasteiger partial charge in [-0.3, -0.25) is 0 Å². The van der Waals surface area contributed by atoms with Crippen LogP contribution in [-0.4, -0.2) is 34.4 Å². The van der Waals surface area contributed by atoms with Crippen molar-refractivity contribution in [1.82, 2.24) is 19.4 Å². The number of aryl methyl sites for hydroxylation is 2. The lowest BCUT2D eigenvalue weighted by molar-refractivity contribution is 0.251. The minimum absolute atomic E-state index is 0.1000. The number of rotatable bonds is 4. The number of nitrogen functional groups attached to an aromatic ring is 1. The first-order valence-corrected chi connectivity index (χ1v) is 11.4. The minimum Gasteiger partial charge on any atom is -0.368 e. The second kappa shape index (κ2) is 7.98. The van der Waals surface area contributed by atoms with Crippen molar-refractivity contribution in [2.24, 2.45) is 0 Å². The molecule has 4 rings (SSSR count). The quantitative estimate of drug-likeness (QED) is 0.644. The molecule has 3 aromatic rings. The molecule has 1 atom stereocenters. The molecule has 2 aromatic heterocycles. The van der Waals surface area contributed by atoms with E-state index in [4.69, 9.17) is 21.9 Å². The number of hydrogen-bond donors (Lipinski definition) is 1. The molecule has 8 nitrogen and oxygen atoms in total. The first-order chi connectivity index (χ1) is 14.3. The number of halogens is 1. The van der Waals surface area contributed by atoms with E-state index >= 15 is 0 Å². The maximum atomic E-state index is 13.6. The van der Waals surface area contributed by atoms with Gasteiger partial charge in [0.15, 0.2) is 5.76 Å². The van der Waals surface area contributed by atoms with Crippen molar-refractivity contribution in [2.45, 2.75) is 44.0 Å². The summed E-state index contributed by atoms with van der Waals surface area (Å²) < 4.78 is 33.8. The van der Waals surface area contributed by atoms with Crippen LogP contribution in [0.3, 0.4) is 0 Å². The van der Waals surface area contributed by atoms with Crippen molar-refractivity contribution in [3.05, 3.63) is 52.6 Å². The number of nitrogens with zero attached hydrogens (tertiary/aromatic N) is 4. The molecule has 3 heterocycles. The van der Waals surface area contributed by atoms with Crippen LogP contribution in [0.5, 0.6) is 0 Å². The Labute approximate surface area is 180 Å². The third-order valence-electron chi connectivity index (χ3n) is 5.30. The molecule has 158 valence electrons. The fourth-order valence-corrected chi connectivity index (χ4v) is 6.02. The van der Waals surface area contributed by atoms with E-state index in [-0.39, 0.29) is 16.6 Å². The summed E-state index contributed by atoms with van der Waals surface area (Å²) in [6.45, 7) is 3.61. The van der Waals surface area contributed by atoms with E-state index in [1.807, 2.05) is 12.1 Å². The fourth-order valence-electron chi connectivity index (χ4n) is 3.94. The summed E-state index contributed by atoms with van der Waals surface area (Å²) in [5.41, 5.74) is 8.40. The molecule has 0 radical (unpaired) electrons. The lowest BCUT2D eigenvalue weighted by Gasteiger charge is -2.35. The van der Waals surface area contributed by atoms with Gasteiger partial charge in [0.2, 0.25) is 16.0 Å². The average molecular weight is 448 g/mol. The molecular formula is C20H22ClN5O3S. The van der Waals surface area contributed by atoms with Gasteiger partial charge >= 0.3 is 0 Å². The van der Waals surface area contributed by atoms with Gasteiger partial charge in [-0.15, -0.1) is 0 Å². The lowest BCUT2D eigenvalue weighted by Crippen LogP contribution is -2.39. The molecule has 2 N–H and O–H groups in total. The van der Waals surface area contributed by atoms with Gasteiger partial charge in [-0.05, 0) is 44.4 Å². The van der Waals surface area contributed by atoms with Crippen LogP contribution >= 0.6 is 11.6 Å². The maximum absolute atomic E-state index is 13.6. The monoisotopic (exact) mass is 447 g/mol. The molecule has 0 spiro atoms. The van der Waals surface area contributed by atoms with Crippen LogP contribution in [0, 0.1) is 13.8 Å². The van der Waals surface area contributed by atoms with Crippen molar-refractivity contribution in [3.8, 4) is 11.1 Å². The molecule has 10 heteroatoms. The first-order valence-electron chi connectivity index (χ1n) is 9.62. The highest BCUT2D eigenvalue weighted by Gasteiger charge is 2.39. The second-order valence-corrected chi connectivity index (χ2v) is 9.58.